The van der Waals surface area contributed by atoms with E-state index >= 15 is 0 Å². The first kappa shape index (κ1) is 20.0. The van der Waals surface area contributed by atoms with Crippen LogP contribution in [-0.2, 0) is 4.79 Å². The summed E-state index contributed by atoms with van der Waals surface area (Å²) in [5, 5.41) is 32.0. The number of hydrogen-bond acceptors (Lipinski definition) is 7. The summed E-state index contributed by atoms with van der Waals surface area (Å²) in [4.78, 5) is 23.1. The summed E-state index contributed by atoms with van der Waals surface area (Å²) in [6.07, 6.45) is 2.42. The Labute approximate surface area is 163 Å². The van der Waals surface area contributed by atoms with Gasteiger partial charge in [-0.25, -0.2) is 0 Å². The Morgan fingerprint density at radius 2 is 2.00 bits per heavy atom. The number of carbonyl (C=O) groups is 1. The topological polar surface area (TPSA) is 122 Å². The lowest BCUT2D eigenvalue weighted by atomic mass is 9.94. The third-order valence-electron chi connectivity index (χ3n) is 4.99. The van der Waals surface area contributed by atoms with E-state index in [9.17, 15) is 20.3 Å². The highest BCUT2D eigenvalue weighted by molar-refractivity contribution is 5.92. The number of nitrogens with one attached hydrogen (secondary N) is 1. The molecule has 1 aliphatic heterocycles. The van der Waals surface area contributed by atoms with Crippen LogP contribution >= 0.6 is 0 Å². The van der Waals surface area contributed by atoms with Gasteiger partial charge in [-0.2, -0.15) is 5.26 Å². The Hall–Kier alpha value is -2.76. The van der Waals surface area contributed by atoms with Crippen molar-refractivity contribution >= 4 is 22.6 Å². The number of aliphatic hydroxyl groups is 2. The average molecular weight is 383 g/mol. The molecule has 0 aliphatic carbocycles. The minimum Gasteiger partial charge on any atom is -0.387 e. The van der Waals surface area contributed by atoms with Gasteiger partial charge in [0.1, 0.15) is 17.1 Å². The van der Waals surface area contributed by atoms with Gasteiger partial charge in [-0.15, -0.1) is 0 Å². The SMILES string of the molecule is C[C@H]1C[C@@H](NC(=O)C(O)C(C)(C)O)CN(c2ccc(C#N)c3nccnc23)C1. The van der Waals surface area contributed by atoms with Gasteiger partial charge in [0.25, 0.3) is 5.91 Å². The van der Waals surface area contributed by atoms with Gasteiger partial charge >= 0.3 is 0 Å². The molecule has 3 rings (SSSR count). The summed E-state index contributed by atoms with van der Waals surface area (Å²) in [7, 11) is 0. The van der Waals surface area contributed by atoms with Crippen LogP contribution in [0.2, 0.25) is 0 Å². The van der Waals surface area contributed by atoms with E-state index in [0.717, 1.165) is 18.7 Å². The molecule has 2 heterocycles. The number of piperidine rings is 1. The van der Waals surface area contributed by atoms with Crippen molar-refractivity contribution in [2.75, 3.05) is 18.0 Å². The van der Waals surface area contributed by atoms with Crippen LogP contribution in [0.15, 0.2) is 24.5 Å². The Bertz CT molecular complexity index is 918. The maximum Gasteiger partial charge on any atom is 0.252 e. The van der Waals surface area contributed by atoms with Gasteiger partial charge in [0, 0.05) is 31.5 Å². The van der Waals surface area contributed by atoms with Crippen molar-refractivity contribution < 1.29 is 15.0 Å². The normalized spacial score (nSPS) is 21.2. The maximum absolute atomic E-state index is 12.3. The largest absolute Gasteiger partial charge is 0.387 e. The first-order valence-electron chi connectivity index (χ1n) is 9.30. The number of aromatic nitrogens is 2. The van der Waals surface area contributed by atoms with Crippen LogP contribution in [-0.4, -0.2) is 56.9 Å². The molecule has 1 saturated heterocycles. The molecule has 1 aromatic carbocycles. The number of benzene rings is 1. The van der Waals surface area contributed by atoms with E-state index in [-0.39, 0.29) is 6.04 Å². The minimum atomic E-state index is -1.51. The van der Waals surface area contributed by atoms with Crippen molar-refractivity contribution in [2.24, 2.45) is 5.92 Å². The molecule has 1 amide bonds. The van der Waals surface area contributed by atoms with Crippen molar-refractivity contribution in [3.8, 4) is 6.07 Å². The molecule has 0 spiro atoms. The summed E-state index contributed by atoms with van der Waals surface area (Å²) in [5.41, 5.74) is 1.02. The number of rotatable bonds is 4. The summed E-state index contributed by atoms with van der Waals surface area (Å²) >= 11 is 0. The van der Waals surface area contributed by atoms with E-state index in [2.05, 4.69) is 33.2 Å². The fourth-order valence-electron chi connectivity index (χ4n) is 3.64. The first-order chi connectivity index (χ1) is 13.2. The lowest BCUT2D eigenvalue weighted by Gasteiger charge is -2.39. The van der Waals surface area contributed by atoms with Gasteiger partial charge in [0.15, 0.2) is 6.10 Å². The van der Waals surface area contributed by atoms with E-state index in [1.165, 1.54) is 13.8 Å². The van der Waals surface area contributed by atoms with Gasteiger partial charge in [0.2, 0.25) is 0 Å². The standard InChI is InChI=1S/C20H25N5O3/c1-12-8-14(24-19(27)18(26)20(2,3)28)11-25(10-12)15-5-4-13(9-21)16-17(15)23-7-6-22-16/h4-7,12,14,18,26,28H,8,10-11H2,1-3H3,(H,24,27)/t12-,14+,18?/m0/s1. The number of nitrogens with zero attached hydrogens (tertiary/aromatic N) is 4. The number of aliphatic hydroxyl groups excluding tert-OH is 1. The van der Waals surface area contributed by atoms with E-state index < -0.39 is 17.6 Å². The third kappa shape index (κ3) is 4.06. The molecule has 1 fully saturated rings. The number of amides is 1. The quantitative estimate of drug-likeness (QED) is 0.719. The van der Waals surface area contributed by atoms with E-state index in [0.29, 0.717) is 29.1 Å². The van der Waals surface area contributed by atoms with Gasteiger partial charge in [0.05, 0.1) is 16.9 Å². The Morgan fingerprint density at radius 1 is 1.32 bits per heavy atom. The molecular formula is C20H25N5O3. The molecule has 3 atom stereocenters. The molecule has 8 nitrogen and oxygen atoms in total. The summed E-state index contributed by atoms with van der Waals surface area (Å²) in [5.74, 6) is -0.295. The van der Waals surface area contributed by atoms with Crippen molar-refractivity contribution in [2.45, 2.75) is 44.9 Å². The molecule has 0 radical (unpaired) electrons. The van der Waals surface area contributed by atoms with Crippen molar-refractivity contribution in [1.29, 1.82) is 5.26 Å². The molecule has 0 bridgehead atoms. The molecule has 1 aliphatic rings. The third-order valence-corrected chi connectivity index (χ3v) is 4.99. The smallest absolute Gasteiger partial charge is 0.252 e. The van der Waals surface area contributed by atoms with Crippen LogP contribution in [0.3, 0.4) is 0 Å². The number of carbonyl (C=O) groups excluding carboxylic acids is 1. The van der Waals surface area contributed by atoms with E-state index in [1.54, 1.807) is 18.5 Å². The summed E-state index contributed by atoms with van der Waals surface area (Å²) in [6, 6.07) is 5.55. The van der Waals surface area contributed by atoms with Crippen LogP contribution < -0.4 is 10.2 Å². The zero-order valence-corrected chi connectivity index (χ0v) is 16.3. The molecule has 3 N–H and O–H groups in total. The molecule has 2 aromatic rings. The molecule has 148 valence electrons. The lowest BCUT2D eigenvalue weighted by molar-refractivity contribution is -0.142. The number of anilines is 1. The Balaban J connectivity index is 1.85. The monoisotopic (exact) mass is 383 g/mol. The van der Waals surface area contributed by atoms with Crippen LogP contribution in [0.1, 0.15) is 32.8 Å². The van der Waals surface area contributed by atoms with Crippen LogP contribution in [0, 0.1) is 17.2 Å². The highest BCUT2D eigenvalue weighted by Gasteiger charge is 2.34. The van der Waals surface area contributed by atoms with Crippen LogP contribution in [0.4, 0.5) is 5.69 Å². The number of fused-ring (bicyclic) bond motifs is 1. The number of hydrogen-bond donors (Lipinski definition) is 3. The Kier molecular flexibility index (Phi) is 5.49. The van der Waals surface area contributed by atoms with Crippen LogP contribution in [0.5, 0.6) is 0 Å². The first-order valence-corrected chi connectivity index (χ1v) is 9.30. The molecule has 1 unspecified atom stereocenters. The van der Waals surface area contributed by atoms with Crippen molar-refractivity contribution in [3.63, 3.8) is 0 Å². The molecule has 8 heteroatoms. The zero-order valence-electron chi connectivity index (χ0n) is 16.3. The van der Waals surface area contributed by atoms with Gasteiger partial charge in [-0.1, -0.05) is 6.92 Å². The molecule has 28 heavy (non-hydrogen) atoms. The lowest BCUT2D eigenvalue weighted by Crippen LogP contribution is -2.55. The highest BCUT2D eigenvalue weighted by Crippen LogP contribution is 2.30. The van der Waals surface area contributed by atoms with Gasteiger partial charge in [-0.3, -0.25) is 14.8 Å². The number of nitriles is 1. The fourth-order valence-corrected chi connectivity index (χ4v) is 3.64. The van der Waals surface area contributed by atoms with Gasteiger partial charge < -0.3 is 20.4 Å². The molecular weight excluding hydrogens is 358 g/mol. The highest BCUT2D eigenvalue weighted by atomic mass is 16.3. The second-order valence-corrected chi connectivity index (χ2v) is 8.01. The summed E-state index contributed by atoms with van der Waals surface area (Å²) < 4.78 is 0. The Morgan fingerprint density at radius 3 is 2.64 bits per heavy atom. The molecule has 0 saturated carbocycles. The van der Waals surface area contributed by atoms with Gasteiger partial charge in [-0.05, 0) is 38.3 Å². The summed E-state index contributed by atoms with van der Waals surface area (Å²) in [6.45, 7) is 6.20. The fraction of sp³-hybridized carbons (Fsp3) is 0.500. The predicted molar refractivity (Wildman–Crippen MR) is 104 cm³/mol. The zero-order chi connectivity index (χ0) is 20.5. The predicted octanol–water partition coefficient (Wildman–Crippen LogP) is 0.964. The molecule has 1 aromatic heterocycles. The van der Waals surface area contributed by atoms with E-state index in [1.807, 2.05) is 6.07 Å². The average Bonchev–Trinajstić information content (AvgIpc) is 2.65. The second kappa shape index (κ2) is 7.70. The van der Waals surface area contributed by atoms with Crippen molar-refractivity contribution in [3.05, 3.63) is 30.1 Å². The van der Waals surface area contributed by atoms with Crippen LogP contribution in [0.25, 0.3) is 11.0 Å². The maximum atomic E-state index is 12.3. The second-order valence-electron chi connectivity index (χ2n) is 8.01. The minimum absolute atomic E-state index is 0.185. The van der Waals surface area contributed by atoms with Crippen molar-refractivity contribution in [1.82, 2.24) is 15.3 Å². The van der Waals surface area contributed by atoms with E-state index in [4.69, 9.17) is 0 Å².